The molecular formula is C12H13N2OS+. The van der Waals surface area contributed by atoms with Crippen LogP contribution in [-0.2, 0) is 12.8 Å². The molecule has 2 heterocycles. The molecule has 16 heavy (non-hydrogen) atoms. The zero-order chi connectivity index (χ0) is 11.0. The standard InChI is InChI=1S/C12H12N2OS/c15-12-8(5-9-6-13-7-14-9)1-2-11-10(12)3-4-16-11/h3-4,6-8H,1-2,5H2,(H,13,14)/p+1. The number of nitrogens with one attached hydrogen (secondary N) is 2. The Hall–Kier alpha value is -1.42. The smallest absolute Gasteiger partial charge is 0.239 e. The van der Waals surface area contributed by atoms with Crippen molar-refractivity contribution in [3.05, 3.63) is 40.1 Å². The van der Waals surface area contributed by atoms with E-state index in [9.17, 15) is 4.79 Å². The van der Waals surface area contributed by atoms with Crippen molar-refractivity contribution >= 4 is 17.1 Å². The van der Waals surface area contributed by atoms with Gasteiger partial charge < -0.3 is 0 Å². The molecule has 1 atom stereocenters. The number of ketones is 1. The molecule has 0 amide bonds. The predicted octanol–water partition coefficient (Wildman–Crippen LogP) is 1.88. The number of aryl methyl sites for hydroxylation is 1. The van der Waals surface area contributed by atoms with Gasteiger partial charge in [-0.15, -0.1) is 11.3 Å². The van der Waals surface area contributed by atoms with E-state index in [1.54, 1.807) is 17.7 Å². The van der Waals surface area contributed by atoms with Crippen molar-refractivity contribution in [2.45, 2.75) is 19.3 Å². The van der Waals surface area contributed by atoms with E-state index in [0.29, 0.717) is 5.78 Å². The first-order chi connectivity index (χ1) is 7.84. The number of Topliss-reactive ketones (excluding diaryl/α,β-unsaturated/α-hetero) is 1. The molecule has 0 aliphatic heterocycles. The van der Waals surface area contributed by atoms with Crippen LogP contribution >= 0.6 is 11.3 Å². The van der Waals surface area contributed by atoms with Crippen molar-refractivity contribution < 1.29 is 9.78 Å². The van der Waals surface area contributed by atoms with E-state index in [2.05, 4.69) is 9.97 Å². The number of rotatable bonds is 2. The molecule has 0 radical (unpaired) electrons. The summed E-state index contributed by atoms with van der Waals surface area (Å²) in [5.41, 5.74) is 2.06. The van der Waals surface area contributed by atoms with Crippen LogP contribution in [0, 0.1) is 5.92 Å². The number of hydrogen-bond acceptors (Lipinski definition) is 2. The van der Waals surface area contributed by atoms with E-state index in [-0.39, 0.29) is 5.92 Å². The van der Waals surface area contributed by atoms with Crippen LogP contribution in [0.25, 0.3) is 0 Å². The molecule has 0 fully saturated rings. The van der Waals surface area contributed by atoms with Gasteiger partial charge in [0.05, 0.1) is 0 Å². The van der Waals surface area contributed by atoms with E-state index in [0.717, 1.165) is 30.5 Å². The van der Waals surface area contributed by atoms with Crippen molar-refractivity contribution in [1.82, 2.24) is 4.98 Å². The summed E-state index contributed by atoms with van der Waals surface area (Å²) >= 11 is 1.70. The molecule has 0 spiro atoms. The number of hydrogen-bond donors (Lipinski definition) is 1. The summed E-state index contributed by atoms with van der Waals surface area (Å²) in [7, 11) is 0. The number of imidazole rings is 1. The Balaban J connectivity index is 1.82. The van der Waals surface area contributed by atoms with Gasteiger partial charge in [0.1, 0.15) is 11.9 Å². The number of thiophene rings is 1. The summed E-state index contributed by atoms with van der Waals surface area (Å²) in [6, 6.07) is 1.97. The lowest BCUT2D eigenvalue weighted by molar-refractivity contribution is -0.376. The van der Waals surface area contributed by atoms with E-state index in [1.165, 1.54) is 4.88 Å². The topological polar surface area (TPSA) is 47.0 Å². The van der Waals surface area contributed by atoms with Crippen LogP contribution in [-0.4, -0.2) is 10.8 Å². The van der Waals surface area contributed by atoms with Gasteiger partial charge in [0, 0.05) is 22.8 Å². The van der Waals surface area contributed by atoms with Crippen LogP contribution in [0.3, 0.4) is 0 Å². The Labute approximate surface area is 97.5 Å². The first kappa shape index (κ1) is 9.78. The molecule has 0 saturated heterocycles. The van der Waals surface area contributed by atoms with Gasteiger partial charge in [0.2, 0.25) is 6.33 Å². The highest BCUT2D eigenvalue weighted by Crippen LogP contribution is 2.30. The van der Waals surface area contributed by atoms with Gasteiger partial charge in [0.15, 0.2) is 5.78 Å². The molecular weight excluding hydrogens is 220 g/mol. The second kappa shape index (κ2) is 3.87. The van der Waals surface area contributed by atoms with E-state index >= 15 is 0 Å². The van der Waals surface area contributed by atoms with E-state index in [4.69, 9.17) is 0 Å². The molecule has 3 nitrogen and oxygen atoms in total. The Kier molecular flexibility index (Phi) is 2.36. The van der Waals surface area contributed by atoms with Crippen molar-refractivity contribution in [3.63, 3.8) is 0 Å². The summed E-state index contributed by atoms with van der Waals surface area (Å²) < 4.78 is 0. The van der Waals surface area contributed by atoms with Crippen LogP contribution < -0.4 is 4.98 Å². The molecule has 0 saturated carbocycles. The maximum Gasteiger partial charge on any atom is 0.239 e. The van der Waals surface area contributed by atoms with Gasteiger partial charge in [0.25, 0.3) is 0 Å². The molecule has 1 aliphatic carbocycles. The SMILES string of the molecule is O=C1c2ccsc2CCC1Cc1c[nH+]c[nH]1. The number of carbonyl (C=O) groups excluding carboxylic acids is 1. The van der Waals surface area contributed by atoms with Gasteiger partial charge in [-0.3, -0.25) is 9.78 Å². The van der Waals surface area contributed by atoms with Gasteiger partial charge in [-0.2, -0.15) is 0 Å². The first-order valence-corrected chi connectivity index (χ1v) is 6.36. The molecule has 2 aromatic heterocycles. The molecule has 0 bridgehead atoms. The molecule has 4 heteroatoms. The Morgan fingerprint density at radius 2 is 2.50 bits per heavy atom. The summed E-state index contributed by atoms with van der Waals surface area (Å²) in [6.45, 7) is 0. The van der Waals surface area contributed by atoms with Crippen LogP contribution in [0.5, 0.6) is 0 Å². The molecule has 1 unspecified atom stereocenters. The predicted molar refractivity (Wildman–Crippen MR) is 61.5 cm³/mol. The van der Waals surface area contributed by atoms with Gasteiger partial charge >= 0.3 is 0 Å². The zero-order valence-corrected chi connectivity index (χ0v) is 9.64. The number of H-pyrrole nitrogens is 2. The lowest BCUT2D eigenvalue weighted by atomic mass is 9.84. The minimum Gasteiger partial charge on any atom is -0.294 e. The maximum absolute atomic E-state index is 12.2. The quantitative estimate of drug-likeness (QED) is 0.845. The highest BCUT2D eigenvalue weighted by atomic mass is 32.1. The third kappa shape index (κ3) is 1.59. The number of carbonyl (C=O) groups is 1. The Morgan fingerprint density at radius 3 is 3.31 bits per heavy atom. The van der Waals surface area contributed by atoms with Gasteiger partial charge in [-0.1, -0.05) is 0 Å². The van der Waals surface area contributed by atoms with Gasteiger partial charge in [-0.05, 0) is 24.3 Å². The van der Waals surface area contributed by atoms with Crippen molar-refractivity contribution in [1.29, 1.82) is 0 Å². The first-order valence-electron chi connectivity index (χ1n) is 5.48. The van der Waals surface area contributed by atoms with Crippen LogP contribution in [0.1, 0.15) is 27.3 Å². The second-order valence-corrected chi connectivity index (χ2v) is 5.19. The molecule has 82 valence electrons. The summed E-state index contributed by atoms with van der Waals surface area (Å²) in [6.07, 6.45) is 6.56. The van der Waals surface area contributed by atoms with E-state index < -0.39 is 0 Å². The molecule has 1 aliphatic rings. The average molecular weight is 233 g/mol. The second-order valence-electron chi connectivity index (χ2n) is 4.19. The minimum atomic E-state index is 0.147. The third-order valence-corrected chi connectivity index (χ3v) is 4.15. The number of aromatic amines is 2. The highest BCUT2D eigenvalue weighted by molar-refractivity contribution is 7.10. The maximum atomic E-state index is 12.2. The number of fused-ring (bicyclic) bond motifs is 1. The fourth-order valence-corrected chi connectivity index (χ4v) is 3.21. The fraction of sp³-hybridized carbons (Fsp3) is 0.333. The minimum absolute atomic E-state index is 0.147. The van der Waals surface area contributed by atoms with Crippen LogP contribution in [0.2, 0.25) is 0 Å². The molecule has 2 aromatic rings. The fourth-order valence-electron chi connectivity index (χ4n) is 2.31. The van der Waals surface area contributed by atoms with Gasteiger partial charge in [-0.25, -0.2) is 4.98 Å². The Morgan fingerprint density at radius 1 is 1.56 bits per heavy atom. The summed E-state index contributed by atoms with van der Waals surface area (Å²) in [4.78, 5) is 19.6. The van der Waals surface area contributed by atoms with Crippen molar-refractivity contribution in [2.24, 2.45) is 5.92 Å². The average Bonchev–Trinajstić information content (AvgIpc) is 2.93. The van der Waals surface area contributed by atoms with Crippen LogP contribution in [0.15, 0.2) is 24.0 Å². The summed E-state index contributed by atoms with van der Waals surface area (Å²) in [5.74, 6) is 0.464. The zero-order valence-electron chi connectivity index (χ0n) is 8.82. The molecule has 2 N–H and O–H groups in total. The Bertz CT molecular complexity index is 501. The van der Waals surface area contributed by atoms with Crippen molar-refractivity contribution in [3.8, 4) is 0 Å². The van der Waals surface area contributed by atoms with E-state index in [1.807, 2.05) is 17.6 Å². The highest BCUT2D eigenvalue weighted by Gasteiger charge is 2.29. The lowest BCUT2D eigenvalue weighted by Gasteiger charge is -2.19. The monoisotopic (exact) mass is 233 g/mol. The lowest BCUT2D eigenvalue weighted by Crippen LogP contribution is -2.23. The van der Waals surface area contributed by atoms with Crippen LogP contribution in [0.4, 0.5) is 0 Å². The largest absolute Gasteiger partial charge is 0.294 e. The molecule has 3 rings (SSSR count). The summed E-state index contributed by atoms with van der Waals surface area (Å²) in [5, 5.41) is 2.02. The van der Waals surface area contributed by atoms with Crippen molar-refractivity contribution in [2.75, 3.05) is 0 Å². The molecule has 0 aromatic carbocycles. The normalized spacial score (nSPS) is 19.8. The number of aromatic nitrogens is 2. The third-order valence-electron chi connectivity index (χ3n) is 3.17.